The molecule has 0 aromatic heterocycles. The van der Waals surface area contributed by atoms with Gasteiger partial charge in [-0.1, -0.05) is 12.1 Å². The molecule has 0 aliphatic heterocycles. The van der Waals surface area contributed by atoms with E-state index in [9.17, 15) is 17.6 Å². The van der Waals surface area contributed by atoms with Crippen LogP contribution in [0.25, 0.3) is 0 Å². The molecule has 0 radical (unpaired) electrons. The molecular formula is C24H25FN2O5S. The third-order valence-electron chi connectivity index (χ3n) is 5.22. The molecule has 174 valence electrons. The van der Waals surface area contributed by atoms with Crippen LogP contribution in [-0.2, 0) is 10.0 Å². The van der Waals surface area contributed by atoms with Crippen LogP contribution in [0.4, 0.5) is 10.1 Å². The first-order chi connectivity index (χ1) is 15.7. The van der Waals surface area contributed by atoms with E-state index in [0.717, 1.165) is 9.87 Å². The molecule has 0 unspecified atom stereocenters. The van der Waals surface area contributed by atoms with E-state index in [-0.39, 0.29) is 22.7 Å². The monoisotopic (exact) mass is 472 g/mol. The third-order valence-corrected chi connectivity index (χ3v) is 7.01. The molecule has 3 aromatic rings. The van der Waals surface area contributed by atoms with E-state index in [4.69, 9.17) is 9.47 Å². The highest BCUT2D eigenvalue weighted by molar-refractivity contribution is 7.92. The van der Waals surface area contributed by atoms with E-state index in [2.05, 4.69) is 5.32 Å². The molecule has 1 N–H and O–H groups in total. The summed E-state index contributed by atoms with van der Waals surface area (Å²) in [7, 11) is 0.451. The van der Waals surface area contributed by atoms with Crippen molar-refractivity contribution in [3.63, 3.8) is 0 Å². The number of carbonyl (C=O) groups is 1. The smallest absolute Gasteiger partial charge is 0.264 e. The largest absolute Gasteiger partial charge is 0.493 e. The summed E-state index contributed by atoms with van der Waals surface area (Å²) in [6.07, 6.45) is 0. The molecule has 0 heterocycles. The van der Waals surface area contributed by atoms with Crippen molar-refractivity contribution in [3.8, 4) is 11.5 Å². The Hall–Kier alpha value is -3.59. The second-order valence-electron chi connectivity index (χ2n) is 7.28. The molecule has 0 fully saturated rings. The van der Waals surface area contributed by atoms with Gasteiger partial charge in [0.05, 0.1) is 30.8 Å². The van der Waals surface area contributed by atoms with Crippen LogP contribution < -0.4 is 19.1 Å². The Morgan fingerprint density at radius 1 is 0.939 bits per heavy atom. The van der Waals surface area contributed by atoms with Crippen LogP contribution in [-0.4, -0.2) is 35.6 Å². The van der Waals surface area contributed by atoms with Crippen LogP contribution in [0.5, 0.6) is 11.5 Å². The Morgan fingerprint density at radius 2 is 1.55 bits per heavy atom. The quantitative estimate of drug-likeness (QED) is 0.532. The average Bonchev–Trinajstić information content (AvgIpc) is 2.83. The van der Waals surface area contributed by atoms with Crippen molar-refractivity contribution in [3.05, 3.63) is 83.7 Å². The zero-order valence-corrected chi connectivity index (χ0v) is 19.5. The number of nitrogens with one attached hydrogen (secondary N) is 1. The Kier molecular flexibility index (Phi) is 7.23. The van der Waals surface area contributed by atoms with Crippen molar-refractivity contribution >= 4 is 21.6 Å². The molecule has 9 heteroatoms. The lowest BCUT2D eigenvalue weighted by Crippen LogP contribution is -2.28. The van der Waals surface area contributed by atoms with Gasteiger partial charge in [-0.2, -0.15) is 0 Å². The molecule has 0 spiro atoms. The van der Waals surface area contributed by atoms with Crippen molar-refractivity contribution < 1.29 is 27.1 Å². The molecule has 7 nitrogen and oxygen atoms in total. The van der Waals surface area contributed by atoms with Gasteiger partial charge >= 0.3 is 0 Å². The van der Waals surface area contributed by atoms with Crippen LogP contribution in [0.3, 0.4) is 0 Å². The molecule has 0 bridgehead atoms. The number of ether oxygens (including phenoxy) is 2. The summed E-state index contributed by atoms with van der Waals surface area (Å²) in [5.74, 6) is 0.0439. The minimum Gasteiger partial charge on any atom is -0.493 e. The summed E-state index contributed by atoms with van der Waals surface area (Å²) in [4.78, 5) is 12.6. The highest BCUT2D eigenvalue weighted by atomic mass is 32.2. The fraction of sp³-hybridized carbons (Fsp3) is 0.208. The van der Waals surface area contributed by atoms with Crippen LogP contribution in [0.1, 0.15) is 28.9 Å². The fourth-order valence-corrected chi connectivity index (χ4v) is 4.42. The van der Waals surface area contributed by atoms with Gasteiger partial charge in [-0.25, -0.2) is 12.8 Å². The molecule has 0 saturated carbocycles. The lowest BCUT2D eigenvalue weighted by Gasteiger charge is -2.21. The number of methoxy groups -OCH3 is 2. The van der Waals surface area contributed by atoms with Crippen molar-refractivity contribution in [2.45, 2.75) is 17.9 Å². The number of carbonyl (C=O) groups excluding carboxylic acids is 1. The second-order valence-corrected chi connectivity index (χ2v) is 9.25. The minimum atomic E-state index is -3.87. The molecule has 33 heavy (non-hydrogen) atoms. The van der Waals surface area contributed by atoms with E-state index in [0.29, 0.717) is 22.7 Å². The van der Waals surface area contributed by atoms with Gasteiger partial charge in [-0.3, -0.25) is 9.10 Å². The highest BCUT2D eigenvalue weighted by Gasteiger charge is 2.23. The molecule has 0 aliphatic rings. The summed E-state index contributed by atoms with van der Waals surface area (Å²) in [5.41, 5.74) is 1.51. The van der Waals surface area contributed by atoms with Gasteiger partial charge in [0.25, 0.3) is 15.9 Å². The average molecular weight is 473 g/mol. The maximum atomic E-state index is 13.1. The lowest BCUT2D eigenvalue weighted by molar-refractivity contribution is 0.0940. The van der Waals surface area contributed by atoms with Gasteiger partial charge in [0.2, 0.25) is 0 Å². The van der Waals surface area contributed by atoms with Crippen LogP contribution in [0.15, 0.2) is 71.6 Å². The van der Waals surface area contributed by atoms with E-state index in [1.807, 2.05) is 0 Å². The molecule has 3 rings (SSSR count). The van der Waals surface area contributed by atoms with Gasteiger partial charge in [-0.15, -0.1) is 0 Å². The maximum Gasteiger partial charge on any atom is 0.264 e. The molecule has 0 saturated heterocycles. The highest BCUT2D eigenvalue weighted by Crippen LogP contribution is 2.31. The van der Waals surface area contributed by atoms with Gasteiger partial charge < -0.3 is 14.8 Å². The van der Waals surface area contributed by atoms with Gasteiger partial charge in [0.15, 0.2) is 11.5 Å². The third kappa shape index (κ3) is 5.25. The van der Waals surface area contributed by atoms with E-state index >= 15 is 0 Å². The van der Waals surface area contributed by atoms with Crippen LogP contribution >= 0.6 is 0 Å². The van der Waals surface area contributed by atoms with E-state index in [1.54, 1.807) is 43.3 Å². The number of rotatable bonds is 8. The maximum absolute atomic E-state index is 13.1. The number of benzene rings is 3. The molecule has 0 aliphatic carbocycles. The number of amides is 1. The molecular weight excluding hydrogens is 447 g/mol. The predicted octanol–water partition coefficient (Wildman–Crippen LogP) is 4.16. The first-order valence-electron chi connectivity index (χ1n) is 10.0. The van der Waals surface area contributed by atoms with Crippen molar-refractivity contribution in [2.75, 3.05) is 25.6 Å². The standard InChI is InChI=1S/C24H25FN2O5S/c1-16(17-5-9-19(25)10-6-17)26-24(28)18-7-11-20(12-8-18)27(2)33(29,30)21-13-14-22(31-3)23(15-21)32-4/h5-16H,1-4H3,(H,26,28)/t16-/m1/s1. The van der Waals surface area contributed by atoms with Crippen molar-refractivity contribution in [1.82, 2.24) is 5.32 Å². The topological polar surface area (TPSA) is 84.9 Å². The van der Waals surface area contributed by atoms with Crippen LogP contribution in [0, 0.1) is 5.82 Å². The van der Waals surface area contributed by atoms with Gasteiger partial charge in [0.1, 0.15) is 5.82 Å². The molecule has 3 aromatic carbocycles. The number of hydrogen-bond acceptors (Lipinski definition) is 5. The summed E-state index contributed by atoms with van der Waals surface area (Å²) in [6, 6.07) is 16.1. The number of nitrogens with zero attached hydrogens (tertiary/aromatic N) is 1. The first-order valence-corrected chi connectivity index (χ1v) is 11.5. The number of anilines is 1. The molecule has 1 amide bonds. The Morgan fingerprint density at radius 3 is 2.12 bits per heavy atom. The first kappa shape index (κ1) is 24.1. The number of halogens is 1. The second kappa shape index (κ2) is 9.91. The van der Waals surface area contributed by atoms with Crippen molar-refractivity contribution in [1.29, 1.82) is 0 Å². The zero-order valence-electron chi connectivity index (χ0n) is 18.7. The lowest BCUT2D eigenvalue weighted by atomic mass is 10.1. The predicted molar refractivity (Wildman–Crippen MR) is 124 cm³/mol. The van der Waals surface area contributed by atoms with Gasteiger partial charge in [0, 0.05) is 18.7 Å². The van der Waals surface area contributed by atoms with Gasteiger partial charge in [-0.05, 0) is 61.0 Å². The normalized spacial score (nSPS) is 12.0. The van der Waals surface area contributed by atoms with Crippen LogP contribution in [0.2, 0.25) is 0 Å². The SMILES string of the molecule is COc1ccc(S(=O)(=O)N(C)c2ccc(C(=O)N[C@H](C)c3ccc(F)cc3)cc2)cc1OC. The van der Waals surface area contributed by atoms with E-state index < -0.39 is 10.0 Å². The Labute approximate surface area is 192 Å². The summed E-state index contributed by atoms with van der Waals surface area (Å²) >= 11 is 0. The van der Waals surface area contributed by atoms with Crippen molar-refractivity contribution in [2.24, 2.45) is 0 Å². The Balaban J connectivity index is 1.76. The summed E-state index contributed by atoms with van der Waals surface area (Å²) < 4.78 is 50.7. The number of hydrogen-bond donors (Lipinski definition) is 1. The number of sulfonamides is 1. The minimum absolute atomic E-state index is 0.0394. The van der Waals surface area contributed by atoms with E-state index in [1.165, 1.54) is 51.6 Å². The molecule has 1 atom stereocenters. The summed E-state index contributed by atoms with van der Waals surface area (Å²) in [5, 5.41) is 2.84. The Bertz CT molecular complexity index is 1230. The fourth-order valence-electron chi connectivity index (χ4n) is 3.21. The zero-order chi connectivity index (χ0) is 24.2. The summed E-state index contributed by atoms with van der Waals surface area (Å²) in [6.45, 7) is 1.79.